The van der Waals surface area contributed by atoms with E-state index in [1.807, 2.05) is 13.8 Å². The van der Waals surface area contributed by atoms with E-state index in [2.05, 4.69) is 0 Å². The Hall–Kier alpha value is -0.468. The third kappa shape index (κ3) is 10.4. The minimum atomic E-state index is -0.495. The maximum Gasteiger partial charge on any atom is 0.332 e. The van der Waals surface area contributed by atoms with Crippen molar-refractivity contribution in [3.05, 3.63) is 6.42 Å². The van der Waals surface area contributed by atoms with Gasteiger partial charge in [-0.15, -0.1) is 6.42 Å². The second-order valence-corrected chi connectivity index (χ2v) is 3.84. The van der Waals surface area contributed by atoms with Crippen LogP contribution >= 0.6 is 0 Å². The second kappa shape index (κ2) is 10.7. The maximum atomic E-state index is 11.2. The molecule has 0 aliphatic carbocycles. The average Bonchev–Trinajstić information content (AvgIpc) is 2.22. The summed E-state index contributed by atoms with van der Waals surface area (Å²) >= 11 is 0. The first-order valence-corrected chi connectivity index (χ1v) is 5.22. The summed E-state index contributed by atoms with van der Waals surface area (Å²) in [5.41, 5.74) is 0. The van der Waals surface area contributed by atoms with Crippen molar-refractivity contribution in [2.75, 3.05) is 7.05 Å². The average molecular weight is 466 g/mol. The number of hydroxylamine groups is 2. The van der Waals surface area contributed by atoms with E-state index in [9.17, 15) is 14.4 Å². The molecule has 0 radical (unpaired) electrons. The summed E-state index contributed by atoms with van der Waals surface area (Å²) in [6.45, 7) is 4.00. The molecule has 96 valence electrons. The van der Waals surface area contributed by atoms with Crippen molar-refractivity contribution in [3.63, 3.8) is 0 Å². The van der Waals surface area contributed by atoms with Crippen molar-refractivity contribution in [3.8, 4) is 0 Å². The van der Waals surface area contributed by atoms with E-state index in [0.29, 0.717) is 12.2 Å². The van der Waals surface area contributed by atoms with Crippen LogP contribution in [0.3, 0.4) is 0 Å². The van der Waals surface area contributed by atoms with Crippen LogP contribution in [0, 0.1) is 43.5 Å². The Bertz CT molecular complexity index is 256. The summed E-state index contributed by atoms with van der Waals surface area (Å²) in [4.78, 5) is 37.2. The third-order valence-corrected chi connectivity index (χ3v) is 1.86. The molecule has 0 spiro atoms. The Morgan fingerprint density at radius 1 is 1.41 bits per heavy atom. The smallest absolute Gasteiger partial charge is 0.332 e. The summed E-state index contributed by atoms with van der Waals surface area (Å²) in [7, 11) is 1.34. The molecule has 0 aromatic heterocycles. The van der Waals surface area contributed by atoms with Gasteiger partial charge in [-0.3, -0.25) is 6.42 Å². The van der Waals surface area contributed by atoms with Gasteiger partial charge in [-0.1, -0.05) is 13.8 Å². The molecule has 0 aliphatic heterocycles. The van der Waals surface area contributed by atoms with Gasteiger partial charge in [-0.25, -0.2) is 9.86 Å². The number of hydrogen-bond donors (Lipinski definition) is 0. The van der Waals surface area contributed by atoms with Crippen molar-refractivity contribution in [2.24, 2.45) is 5.92 Å². The van der Waals surface area contributed by atoms with Gasteiger partial charge in [-0.2, -0.15) is 0 Å². The number of nitrogens with zero attached hydrogens (tertiary/aromatic N) is 1. The van der Waals surface area contributed by atoms with Gasteiger partial charge >= 0.3 is 5.97 Å². The standard InChI is InChI=1S/C11H18NO4.U/c1-9(2)6-7-11(15)16-12(3)10(14)5-4-8-13;/h5,8-9H,4,6-7H2,1-3H3;/q-1;. The van der Waals surface area contributed by atoms with Gasteiger partial charge in [0.2, 0.25) is 0 Å². The first-order chi connectivity index (χ1) is 7.47. The van der Waals surface area contributed by atoms with Gasteiger partial charge in [-0.05, 0) is 12.3 Å². The molecule has 0 bridgehead atoms. The number of amides is 1. The van der Waals surface area contributed by atoms with E-state index in [0.717, 1.165) is 17.9 Å². The Morgan fingerprint density at radius 2 is 2.00 bits per heavy atom. The van der Waals surface area contributed by atoms with Gasteiger partial charge < -0.3 is 14.4 Å². The summed E-state index contributed by atoms with van der Waals surface area (Å²) in [5, 5.41) is 0.839. The Labute approximate surface area is 126 Å². The van der Waals surface area contributed by atoms with Crippen molar-refractivity contribution in [1.29, 1.82) is 0 Å². The topological polar surface area (TPSA) is 63.7 Å². The fraction of sp³-hybridized carbons (Fsp3) is 0.636. The van der Waals surface area contributed by atoms with Crippen molar-refractivity contribution in [2.45, 2.75) is 33.1 Å². The summed E-state index contributed by atoms with van der Waals surface area (Å²) in [6.07, 6.45) is 2.78. The summed E-state index contributed by atoms with van der Waals surface area (Å²) in [5.74, 6) is -0.524. The SMILES string of the molecule is CC(C)CCC(=O)ON(C)C(=O)[CH-]CC=O.[U]. The molecule has 0 aromatic carbocycles. The van der Waals surface area contributed by atoms with Gasteiger partial charge in [0.25, 0.3) is 0 Å². The predicted molar refractivity (Wildman–Crippen MR) is 57.9 cm³/mol. The number of hydrogen-bond acceptors (Lipinski definition) is 4. The molecular weight excluding hydrogens is 448 g/mol. The number of carbonyl (C=O) groups is 3. The number of aldehydes is 1. The fourth-order valence-corrected chi connectivity index (χ4v) is 0.927. The van der Waals surface area contributed by atoms with Crippen LogP contribution in [0.5, 0.6) is 0 Å². The largest absolute Gasteiger partial charge is 0.341 e. The van der Waals surface area contributed by atoms with Gasteiger partial charge in [0, 0.05) is 44.6 Å². The molecular formula is C11H18NO4U-. The quantitative estimate of drug-likeness (QED) is 0.335. The predicted octanol–water partition coefficient (Wildman–Crippen LogP) is 1.13. The zero-order valence-electron chi connectivity index (χ0n) is 10.4. The van der Waals surface area contributed by atoms with Crippen LogP contribution in [0.15, 0.2) is 0 Å². The Balaban J connectivity index is 0. The third-order valence-electron chi connectivity index (χ3n) is 1.86. The van der Waals surface area contributed by atoms with Crippen LogP contribution in [0.1, 0.15) is 33.1 Å². The van der Waals surface area contributed by atoms with E-state index >= 15 is 0 Å². The van der Waals surface area contributed by atoms with Crippen LogP contribution in [0.2, 0.25) is 0 Å². The first kappa shape index (κ1) is 18.9. The summed E-state index contributed by atoms with van der Waals surface area (Å²) < 4.78 is 0. The van der Waals surface area contributed by atoms with Gasteiger partial charge in [0.1, 0.15) is 5.91 Å². The van der Waals surface area contributed by atoms with Crippen LogP contribution in [-0.4, -0.2) is 30.3 Å². The van der Waals surface area contributed by atoms with Crippen molar-refractivity contribution < 1.29 is 50.3 Å². The van der Waals surface area contributed by atoms with Crippen LogP contribution in [0.4, 0.5) is 0 Å². The molecule has 0 N–H and O–H groups in total. The zero-order valence-corrected chi connectivity index (χ0v) is 14.6. The molecule has 0 saturated heterocycles. The summed E-state index contributed by atoms with van der Waals surface area (Å²) in [6, 6.07) is 0. The number of carbonyl (C=O) groups excluding carboxylic acids is 3. The second-order valence-electron chi connectivity index (χ2n) is 3.84. The minimum absolute atomic E-state index is 0. The fourth-order valence-electron chi connectivity index (χ4n) is 0.927. The monoisotopic (exact) mass is 466 g/mol. The van der Waals surface area contributed by atoms with E-state index in [4.69, 9.17) is 4.84 Å². The zero-order chi connectivity index (χ0) is 12.6. The molecule has 1 amide bonds. The van der Waals surface area contributed by atoms with Gasteiger partial charge in [0.05, 0.1) is 6.29 Å². The Morgan fingerprint density at radius 3 is 2.47 bits per heavy atom. The van der Waals surface area contributed by atoms with Gasteiger partial charge in [0.15, 0.2) is 0 Å². The van der Waals surface area contributed by atoms with Crippen LogP contribution < -0.4 is 0 Å². The molecule has 0 atom stereocenters. The molecule has 0 aliphatic rings. The van der Waals surface area contributed by atoms with E-state index in [1.165, 1.54) is 7.05 Å². The molecule has 0 fully saturated rings. The molecule has 0 aromatic rings. The van der Waals surface area contributed by atoms with Crippen molar-refractivity contribution >= 4 is 18.2 Å². The molecule has 0 rings (SSSR count). The first-order valence-electron chi connectivity index (χ1n) is 5.22. The normalized spacial score (nSPS) is 9.18. The molecule has 0 saturated carbocycles. The van der Waals surface area contributed by atoms with Crippen molar-refractivity contribution in [1.82, 2.24) is 5.06 Å². The van der Waals surface area contributed by atoms with E-state index in [-0.39, 0.29) is 44.0 Å². The molecule has 0 heterocycles. The Kier molecular flexibility index (Phi) is 11.9. The number of rotatable bonds is 6. The van der Waals surface area contributed by atoms with Crippen LogP contribution in [-0.2, 0) is 19.2 Å². The van der Waals surface area contributed by atoms with Crippen LogP contribution in [0.25, 0.3) is 0 Å². The minimum Gasteiger partial charge on any atom is -0.341 e. The molecule has 0 unspecified atom stereocenters. The molecule has 6 heteroatoms. The van der Waals surface area contributed by atoms with E-state index < -0.39 is 11.9 Å². The van der Waals surface area contributed by atoms with E-state index in [1.54, 1.807) is 0 Å². The molecule has 17 heavy (non-hydrogen) atoms. The molecule has 5 nitrogen and oxygen atoms in total. The maximum absolute atomic E-state index is 11.2.